The number of carbonyl (C=O) groups is 1. The third-order valence-corrected chi connectivity index (χ3v) is 4.66. The fourth-order valence-corrected chi connectivity index (χ4v) is 3.06. The van der Waals surface area contributed by atoms with Crippen molar-refractivity contribution < 1.29 is 18.0 Å². The van der Waals surface area contributed by atoms with Gasteiger partial charge in [0.1, 0.15) is 0 Å². The van der Waals surface area contributed by atoms with Gasteiger partial charge in [-0.15, -0.1) is 0 Å². The van der Waals surface area contributed by atoms with Gasteiger partial charge in [-0.1, -0.05) is 47.5 Å². The molecule has 0 radical (unpaired) electrons. The molecule has 0 fully saturated rings. The molecule has 0 unspecified atom stereocenters. The van der Waals surface area contributed by atoms with E-state index in [1.807, 2.05) is 0 Å². The summed E-state index contributed by atoms with van der Waals surface area (Å²) in [7, 11) is 0. The number of hydrogen-bond donors (Lipinski definition) is 2. The predicted octanol–water partition coefficient (Wildman–Crippen LogP) is 6.52. The highest BCUT2D eigenvalue weighted by Gasteiger charge is 2.30. The largest absolute Gasteiger partial charge is 0.416 e. The van der Waals surface area contributed by atoms with Gasteiger partial charge in [-0.05, 0) is 42.5 Å². The van der Waals surface area contributed by atoms with Crippen molar-refractivity contribution >= 4 is 46.7 Å². The first kappa shape index (κ1) is 21.7. The molecule has 0 aliphatic heterocycles. The molecular formula is C21H14Cl2F3N3O. The smallest absolute Gasteiger partial charge is 0.355 e. The molecule has 0 heterocycles. The molecule has 154 valence electrons. The SMILES string of the molecule is O=C(N/N=C/c1c(Cl)cccc1Cl)c1ccccc1Nc1cccc(C(F)(F)F)c1. The molecule has 0 atom stereocenters. The Balaban J connectivity index is 1.78. The van der Waals surface area contributed by atoms with Crippen molar-refractivity contribution in [2.24, 2.45) is 5.10 Å². The minimum atomic E-state index is -4.47. The average Bonchev–Trinajstić information content (AvgIpc) is 2.70. The monoisotopic (exact) mass is 451 g/mol. The van der Waals surface area contributed by atoms with Crippen molar-refractivity contribution in [3.05, 3.63) is 93.5 Å². The highest BCUT2D eigenvalue weighted by atomic mass is 35.5. The molecule has 0 bridgehead atoms. The molecule has 30 heavy (non-hydrogen) atoms. The van der Waals surface area contributed by atoms with Crippen LogP contribution in [0.3, 0.4) is 0 Å². The van der Waals surface area contributed by atoms with E-state index in [4.69, 9.17) is 23.2 Å². The summed E-state index contributed by atoms with van der Waals surface area (Å²) in [5.74, 6) is -0.565. The highest BCUT2D eigenvalue weighted by molar-refractivity contribution is 6.38. The molecule has 0 aliphatic rings. The van der Waals surface area contributed by atoms with E-state index in [0.717, 1.165) is 12.1 Å². The van der Waals surface area contributed by atoms with Crippen molar-refractivity contribution in [2.75, 3.05) is 5.32 Å². The number of hydrogen-bond acceptors (Lipinski definition) is 3. The lowest BCUT2D eigenvalue weighted by atomic mass is 10.1. The maximum Gasteiger partial charge on any atom is 0.416 e. The molecule has 0 aromatic heterocycles. The van der Waals surface area contributed by atoms with E-state index in [2.05, 4.69) is 15.8 Å². The Bertz CT molecular complexity index is 1080. The lowest BCUT2D eigenvalue weighted by Gasteiger charge is -2.13. The summed E-state index contributed by atoms with van der Waals surface area (Å²) in [5, 5.41) is 7.44. The van der Waals surface area contributed by atoms with Crippen molar-refractivity contribution in [2.45, 2.75) is 6.18 Å². The predicted molar refractivity (Wildman–Crippen MR) is 113 cm³/mol. The molecule has 3 aromatic rings. The normalized spacial score (nSPS) is 11.5. The number of anilines is 2. The lowest BCUT2D eigenvalue weighted by molar-refractivity contribution is -0.137. The van der Waals surface area contributed by atoms with Gasteiger partial charge in [0.2, 0.25) is 0 Å². The lowest BCUT2D eigenvalue weighted by Crippen LogP contribution is -2.19. The standard InChI is InChI=1S/C21H14Cl2F3N3O/c22-17-8-4-9-18(23)16(17)12-27-29-20(30)15-7-1-2-10-19(15)28-14-6-3-5-13(11-14)21(24,25)26/h1-12,28H,(H,29,30)/b27-12+. The van der Waals surface area contributed by atoms with E-state index < -0.39 is 17.6 Å². The third kappa shape index (κ3) is 5.31. The Morgan fingerprint density at radius 3 is 2.30 bits per heavy atom. The van der Waals surface area contributed by atoms with Gasteiger partial charge >= 0.3 is 6.18 Å². The Kier molecular flexibility index (Phi) is 6.64. The number of rotatable bonds is 5. The molecule has 0 spiro atoms. The van der Waals surface area contributed by atoms with E-state index in [-0.39, 0.29) is 11.3 Å². The molecule has 2 N–H and O–H groups in total. The highest BCUT2D eigenvalue weighted by Crippen LogP contribution is 2.32. The summed E-state index contributed by atoms with van der Waals surface area (Å²) in [6.07, 6.45) is -3.16. The quantitative estimate of drug-likeness (QED) is 0.342. The molecule has 9 heteroatoms. The molecule has 0 saturated carbocycles. The van der Waals surface area contributed by atoms with Crippen LogP contribution in [0, 0.1) is 0 Å². The van der Waals surface area contributed by atoms with Crippen molar-refractivity contribution in [3.63, 3.8) is 0 Å². The second-order valence-corrected chi connectivity index (χ2v) is 6.90. The molecular weight excluding hydrogens is 438 g/mol. The van der Waals surface area contributed by atoms with Gasteiger partial charge in [-0.3, -0.25) is 4.79 Å². The maximum atomic E-state index is 12.9. The zero-order chi connectivity index (χ0) is 21.7. The van der Waals surface area contributed by atoms with Gasteiger partial charge in [0.05, 0.1) is 33.1 Å². The number of amides is 1. The summed E-state index contributed by atoms with van der Waals surface area (Å²) in [4.78, 5) is 12.5. The van der Waals surface area contributed by atoms with Crippen LogP contribution in [0.25, 0.3) is 0 Å². The number of nitrogens with one attached hydrogen (secondary N) is 2. The van der Waals surface area contributed by atoms with Crippen LogP contribution in [0.5, 0.6) is 0 Å². The van der Waals surface area contributed by atoms with E-state index >= 15 is 0 Å². The average molecular weight is 452 g/mol. The number of hydrazone groups is 1. The van der Waals surface area contributed by atoms with E-state index in [1.165, 1.54) is 24.4 Å². The molecule has 3 aromatic carbocycles. The first-order chi connectivity index (χ1) is 14.3. The van der Waals surface area contributed by atoms with Gasteiger partial charge in [0.25, 0.3) is 5.91 Å². The molecule has 3 rings (SSSR count). The van der Waals surface area contributed by atoms with Crippen LogP contribution in [0.4, 0.5) is 24.5 Å². The molecule has 4 nitrogen and oxygen atoms in total. The Morgan fingerprint density at radius 2 is 1.60 bits per heavy atom. The summed E-state index contributed by atoms with van der Waals surface area (Å²) in [6.45, 7) is 0. The van der Waals surface area contributed by atoms with Gasteiger partial charge in [0.15, 0.2) is 0 Å². The van der Waals surface area contributed by atoms with Crippen LogP contribution in [0.15, 0.2) is 71.8 Å². The fraction of sp³-hybridized carbons (Fsp3) is 0.0476. The number of para-hydroxylation sites is 1. The number of halogens is 5. The van der Waals surface area contributed by atoms with Gasteiger partial charge < -0.3 is 5.32 Å². The van der Waals surface area contributed by atoms with Gasteiger partial charge in [0, 0.05) is 11.3 Å². The second-order valence-electron chi connectivity index (χ2n) is 6.08. The number of benzene rings is 3. The van der Waals surface area contributed by atoms with Crippen molar-refractivity contribution in [1.29, 1.82) is 0 Å². The minimum absolute atomic E-state index is 0.191. The van der Waals surface area contributed by atoms with Crippen LogP contribution in [-0.4, -0.2) is 12.1 Å². The van der Waals surface area contributed by atoms with Crippen LogP contribution >= 0.6 is 23.2 Å². The summed E-state index contributed by atoms with van der Waals surface area (Å²) in [6, 6.07) is 16.0. The number of nitrogens with zero attached hydrogens (tertiary/aromatic N) is 1. The summed E-state index contributed by atoms with van der Waals surface area (Å²) in [5.41, 5.74) is 2.71. The molecule has 1 amide bonds. The van der Waals surface area contributed by atoms with E-state index in [9.17, 15) is 18.0 Å². The van der Waals surface area contributed by atoms with E-state index in [0.29, 0.717) is 21.3 Å². The van der Waals surface area contributed by atoms with E-state index in [1.54, 1.807) is 36.4 Å². The first-order valence-corrected chi connectivity index (χ1v) is 9.32. The van der Waals surface area contributed by atoms with Crippen LogP contribution in [-0.2, 0) is 6.18 Å². The second kappa shape index (κ2) is 9.19. The minimum Gasteiger partial charge on any atom is -0.355 e. The van der Waals surface area contributed by atoms with Crippen molar-refractivity contribution in [1.82, 2.24) is 5.43 Å². The van der Waals surface area contributed by atoms with Crippen LogP contribution in [0.2, 0.25) is 10.0 Å². The fourth-order valence-electron chi connectivity index (χ4n) is 2.57. The van der Waals surface area contributed by atoms with Crippen LogP contribution in [0.1, 0.15) is 21.5 Å². The van der Waals surface area contributed by atoms with Gasteiger partial charge in [-0.2, -0.15) is 18.3 Å². The zero-order valence-corrected chi connectivity index (χ0v) is 16.7. The van der Waals surface area contributed by atoms with Crippen molar-refractivity contribution in [3.8, 4) is 0 Å². The summed E-state index contributed by atoms with van der Waals surface area (Å²) < 4.78 is 38.8. The maximum absolute atomic E-state index is 12.9. The Hall–Kier alpha value is -3.03. The Morgan fingerprint density at radius 1 is 0.933 bits per heavy atom. The molecule has 0 saturated heterocycles. The van der Waals surface area contributed by atoms with Crippen LogP contribution < -0.4 is 10.7 Å². The summed E-state index contributed by atoms with van der Waals surface area (Å²) >= 11 is 12.1. The van der Waals surface area contributed by atoms with Gasteiger partial charge in [-0.25, -0.2) is 5.43 Å². The number of carbonyl (C=O) groups excluding carboxylic acids is 1. The molecule has 0 aliphatic carbocycles. The third-order valence-electron chi connectivity index (χ3n) is 4.00. The zero-order valence-electron chi connectivity index (χ0n) is 15.2. The topological polar surface area (TPSA) is 53.5 Å². The number of alkyl halides is 3. The Labute approximate surface area is 180 Å². The first-order valence-electron chi connectivity index (χ1n) is 8.56.